The summed E-state index contributed by atoms with van der Waals surface area (Å²) < 4.78 is 0. The van der Waals surface area contributed by atoms with Crippen molar-refractivity contribution in [1.29, 1.82) is 0 Å². The second-order valence-electron chi connectivity index (χ2n) is 7.44. The van der Waals surface area contributed by atoms with Crippen LogP contribution in [0.2, 0.25) is 0 Å². The van der Waals surface area contributed by atoms with E-state index in [2.05, 4.69) is 0 Å². The van der Waals surface area contributed by atoms with Crippen LogP contribution in [0.3, 0.4) is 0 Å². The normalized spacial score (nSPS) is 24.1. The lowest BCUT2D eigenvalue weighted by Gasteiger charge is -2.20. The third-order valence-electron chi connectivity index (χ3n) is 5.96. The van der Waals surface area contributed by atoms with Crippen LogP contribution in [0.25, 0.3) is 0 Å². The fraction of sp³-hybridized carbons (Fsp3) is 0.526. The molecule has 2 atom stereocenters. The number of nitrogens with zero attached hydrogens (tertiary/aromatic N) is 3. The predicted octanol–water partition coefficient (Wildman–Crippen LogP) is 2.05. The van der Waals surface area contributed by atoms with E-state index in [1.54, 1.807) is 6.07 Å². The molecule has 2 unspecified atom stereocenters. The first kappa shape index (κ1) is 17.6. The molecule has 3 aliphatic rings. The van der Waals surface area contributed by atoms with Crippen LogP contribution >= 0.6 is 0 Å². The summed E-state index contributed by atoms with van der Waals surface area (Å²) in [5.74, 6) is -0.928. The number of fused-ring (bicyclic) bond motifs is 2. The Morgan fingerprint density at radius 2 is 1.81 bits per heavy atom. The highest BCUT2D eigenvalue weighted by atomic mass is 16.6. The lowest BCUT2D eigenvalue weighted by Crippen LogP contribution is -2.36. The number of likely N-dealkylation sites (tertiary alicyclic amines) is 1. The second-order valence-corrected chi connectivity index (χ2v) is 7.44. The summed E-state index contributed by atoms with van der Waals surface area (Å²) in [4.78, 5) is 51.0. The number of imide groups is 1. The van der Waals surface area contributed by atoms with Gasteiger partial charge in [-0.05, 0) is 24.8 Å². The van der Waals surface area contributed by atoms with Crippen molar-refractivity contribution in [2.75, 3.05) is 18.0 Å². The minimum atomic E-state index is -0.482. The van der Waals surface area contributed by atoms with E-state index in [0.717, 1.165) is 31.2 Å². The number of non-ortho nitro benzene ring substituents is 1. The fourth-order valence-electron chi connectivity index (χ4n) is 4.53. The summed E-state index contributed by atoms with van der Waals surface area (Å²) in [6, 6.07) is 4.54. The van der Waals surface area contributed by atoms with Gasteiger partial charge in [-0.3, -0.25) is 29.4 Å². The van der Waals surface area contributed by atoms with Gasteiger partial charge in [0.15, 0.2) is 0 Å². The summed E-state index contributed by atoms with van der Waals surface area (Å²) >= 11 is 0. The lowest BCUT2D eigenvalue weighted by atomic mass is 9.81. The van der Waals surface area contributed by atoms with Gasteiger partial charge >= 0.3 is 0 Å². The van der Waals surface area contributed by atoms with Crippen LogP contribution in [0.5, 0.6) is 0 Å². The summed E-state index contributed by atoms with van der Waals surface area (Å²) in [6.07, 6.45) is 4.13. The molecule has 0 spiro atoms. The van der Waals surface area contributed by atoms with Gasteiger partial charge in [-0.25, -0.2) is 0 Å². The van der Waals surface area contributed by atoms with Crippen molar-refractivity contribution in [3.05, 3.63) is 33.9 Å². The monoisotopic (exact) mass is 371 g/mol. The van der Waals surface area contributed by atoms with E-state index in [1.807, 2.05) is 0 Å². The third kappa shape index (κ3) is 2.98. The molecule has 0 N–H and O–H groups in total. The molecule has 2 heterocycles. The van der Waals surface area contributed by atoms with Gasteiger partial charge in [-0.1, -0.05) is 18.9 Å². The van der Waals surface area contributed by atoms with Gasteiger partial charge in [-0.2, -0.15) is 0 Å². The molecule has 1 aromatic rings. The molecule has 4 rings (SSSR count). The van der Waals surface area contributed by atoms with Gasteiger partial charge < -0.3 is 4.90 Å². The number of hydrogen-bond donors (Lipinski definition) is 0. The summed E-state index contributed by atoms with van der Waals surface area (Å²) in [7, 11) is 0. The SMILES string of the molecule is O=C1C2CCCCC2C(=O)N1CCC(=O)N1CCc2ccc([N+](=O)[O-])cc21. The molecule has 2 aliphatic heterocycles. The Balaban J connectivity index is 1.44. The molecular formula is C19H21N3O5. The summed E-state index contributed by atoms with van der Waals surface area (Å²) in [6.45, 7) is 0.548. The lowest BCUT2D eigenvalue weighted by molar-refractivity contribution is -0.384. The number of nitro groups is 1. The van der Waals surface area contributed by atoms with Crippen LogP contribution < -0.4 is 4.90 Å². The molecule has 0 bridgehead atoms. The van der Waals surface area contributed by atoms with E-state index in [0.29, 0.717) is 18.7 Å². The number of rotatable bonds is 4. The summed E-state index contributed by atoms with van der Waals surface area (Å²) in [5.41, 5.74) is 1.40. The average molecular weight is 371 g/mol. The van der Waals surface area contributed by atoms with Gasteiger partial charge in [0.05, 0.1) is 22.4 Å². The zero-order valence-electron chi connectivity index (χ0n) is 14.9. The number of carbonyl (C=O) groups is 3. The average Bonchev–Trinajstić information content (AvgIpc) is 3.20. The number of benzene rings is 1. The Morgan fingerprint density at radius 3 is 2.44 bits per heavy atom. The Morgan fingerprint density at radius 1 is 1.15 bits per heavy atom. The van der Waals surface area contributed by atoms with Crippen LogP contribution in [0, 0.1) is 22.0 Å². The second kappa shape index (κ2) is 6.75. The van der Waals surface area contributed by atoms with Crippen LogP contribution in [0.4, 0.5) is 11.4 Å². The summed E-state index contributed by atoms with van der Waals surface area (Å²) in [5, 5.41) is 11.0. The van der Waals surface area contributed by atoms with Crippen LogP contribution in [-0.4, -0.2) is 40.6 Å². The van der Waals surface area contributed by atoms with Gasteiger partial charge in [0.1, 0.15) is 0 Å². The van der Waals surface area contributed by atoms with Crippen molar-refractivity contribution < 1.29 is 19.3 Å². The maximum atomic E-state index is 12.7. The molecule has 1 saturated carbocycles. The molecule has 0 radical (unpaired) electrons. The van der Waals surface area contributed by atoms with Crippen molar-refractivity contribution in [1.82, 2.24) is 4.90 Å². The maximum absolute atomic E-state index is 12.7. The van der Waals surface area contributed by atoms with E-state index < -0.39 is 4.92 Å². The molecule has 3 amide bonds. The van der Waals surface area contributed by atoms with E-state index in [1.165, 1.54) is 21.9 Å². The van der Waals surface area contributed by atoms with Crippen molar-refractivity contribution >= 4 is 29.1 Å². The molecule has 8 nitrogen and oxygen atoms in total. The minimum absolute atomic E-state index is 0.0407. The number of anilines is 1. The molecular weight excluding hydrogens is 350 g/mol. The van der Waals surface area contributed by atoms with Gasteiger partial charge in [0, 0.05) is 31.6 Å². The van der Waals surface area contributed by atoms with Gasteiger partial charge in [-0.15, -0.1) is 0 Å². The molecule has 2 fully saturated rings. The fourth-order valence-corrected chi connectivity index (χ4v) is 4.53. The first-order chi connectivity index (χ1) is 13.0. The zero-order chi connectivity index (χ0) is 19.1. The highest BCUT2D eigenvalue weighted by molar-refractivity contribution is 6.05. The van der Waals surface area contributed by atoms with E-state index in [-0.39, 0.29) is 48.2 Å². The van der Waals surface area contributed by atoms with E-state index in [4.69, 9.17) is 0 Å². The van der Waals surface area contributed by atoms with E-state index >= 15 is 0 Å². The smallest absolute Gasteiger partial charge is 0.271 e. The topological polar surface area (TPSA) is 101 Å². The molecule has 142 valence electrons. The Bertz CT molecular complexity index is 813. The molecule has 1 aliphatic carbocycles. The number of carbonyl (C=O) groups excluding carboxylic acids is 3. The number of nitro benzene ring substituents is 1. The first-order valence-electron chi connectivity index (χ1n) is 9.40. The Labute approximate surface area is 156 Å². The quantitative estimate of drug-likeness (QED) is 0.458. The number of amides is 3. The largest absolute Gasteiger partial charge is 0.312 e. The van der Waals surface area contributed by atoms with Crippen LogP contribution in [0.15, 0.2) is 18.2 Å². The van der Waals surface area contributed by atoms with E-state index in [9.17, 15) is 24.5 Å². The molecule has 1 aromatic carbocycles. The maximum Gasteiger partial charge on any atom is 0.271 e. The van der Waals surface area contributed by atoms with Crippen molar-refractivity contribution in [2.24, 2.45) is 11.8 Å². The molecule has 1 saturated heterocycles. The molecule has 0 aromatic heterocycles. The van der Waals surface area contributed by atoms with Crippen LogP contribution in [-0.2, 0) is 20.8 Å². The third-order valence-corrected chi connectivity index (χ3v) is 5.96. The predicted molar refractivity (Wildman–Crippen MR) is 95.9 cm³/mol. The minimum Gasteiger partial charge on any atom is -0.312 e. The Kier molecular flexibility index (Phi) is 4.41. The highest BCUT2D eigenvalue weighted by Crippen LogP contribution is 2.38. The Hall–Kier alpha value is -2.77. The van der Waals surface area contributed by atoms with Crippen molar-refractivity contribution in [3.63, 3.8) is 0 Å². The highest BCUT2D eigenvalue weighted by Gasteiger charge is 2.48. The standard InChI is InChI=1S/C19H21N3O5/c23-17(20-9-7-12-5-6-13(22(26)27)11-16(12)20)8-10-21-18(24)14-3-1-2-4-15(14)19(21)25/h5-6,11,14-15H,1-4,7-10H2. The zero-order valence-corrected chi connectivity index (χ0v) is 14.9. The van der Waals surface area contributed by atoms with Crippen molar-refractivity contribution in [2.45, 2.75) is 38.5 Å². The molecule has 8 heteroatoms. The molecule has 27 heavy (non-hydrogen) atoms. The van der Waals surface area contributed by atoms with Gasteiger partial charge in [0.2, 0.25) is 17.7 Å². The number of hydrogen-bond acceptors (Lipinski definition) is 5. The van der Waals surface area contributed by atoms with Gasteiger partial charge in [0.25, 0.3) is 5.69 Å². The van der Waals surface area contributed by atoms with Crippen LogP contribution in [0.1, 0.15) is 37.7 Å². The first-order valence-corrected chi connectivity index (χ1v) is 9.40. The van der Waals surface area contributed by atoms with Crippen molar-refractivity contribution in [3.8, 4) is 0 Å².